The Labute approximate surface area is 177 Å². The zero-order valence-corrected chi connectivity index (χ0v) is 17.7. The predicted octanol–water partition coefficient (Wildman–Crippen LogP) is 3.79. The van der Waals surface area contributed by atoms with Crippen molar-refractivity contribution >= 4 is 46.2 Å². The summed E-state index contributed by atoms with van der Waals surface area (Å²) in [6.07, 6.45) is 5.86. The van der Waals surface area contributed by atoms with Gasteiger partial charge in [-0.2, -0.15) is 5.10 Å². The molecule has 0 radical (unpaired) electrons. The second-order valence-electron chi connectivity index (χ2n) is 7.41. The Hall–Kier alpha value is -2.52. The van der Waals surface area contributed by atoms with Crippen molar-refractivity contribution in [1.29, 1.82) is 0 Å². The summed E-state index contributed by atoms with van der Waals surface area (Å²) < 4.78 is 1.75. The van der Waals surface area contributed by atoms with Crippen molar-refractivity contribution in [2.24, 2.45) is 7.05 Å². The number of rotatable bonds is 4. The minimum Gasteiger partial charge on any atom is -0.465 e. The smallest absolute Gasteiger partial charge is 0.405 e. The van der Waals surface area contributed by atoms with Gasteiger partial charge in [-0.25, -0.2) is 14.8 Å². The van der Waals surface area contributed by atoms with Crippen molar-refractivity contribution in [3.63, 3.8) is 0 Å². The van der Waals surface area contributed by atoms with Gasteiger partial charge in [0, 0.05) is 42.2 Å². The molecule has 8 nitrogen and oxygen atoms in total. The zero-order chi connectivity index (χ0) is 20.6. The normalized spacial score (nSPS) is 16.2. The van der Waals surface area contributed by atoms with Crippen LogP contribution >= 0.6 is 23.4 Å². The van der Waals surface area contributed by atoms with Crippen LogP contribution in [0.3, 0.4) is 0 Å². The molecule has 2 aromatic heterocycles. The number of hydrogen-bond acceptors (Lipinski definition) is 6. The lowest BCUT2D eigenvalue weighted by atomic mass is 9.90. The van der Waals surface area contributed by atoms with Gasteiger partial charge in [0.15, 0.2) is 0 Å². The van der Waals surface area contributed by atoms with Crippen molar-refractivity contribution < 1.29 is 9.90 Å². The SMILES string of the molecule is Cn1cc2c(Cl)c(Sc3cnc(N4CCC(C)(NC(=O)O)CC4)cn3)ccc2n1. The first kappa shape index (κ1) is 19.8. The molecular formula is C19H21ClN6O2S. The van der Waals surface area contributed by atoms with Gasteiger partial charge in [0.1, 0.15) is 10.8 Å². The van der Waals surface area contributed by atoms with Crippen LogP contribution in [0.5, 0.6) is 0 Å². The number of carbonyl (C=O) groups is 1. The lowest BCUT2D eigenvalue weighted by Crippen LogP contribution is -2.53. The van der Waals surface area contributed by atoms with Crippen LogP contribution in [0.25, 0.3) is 10.9 Å². The lowest BCUT2D eigenvalue weighted by Gasteiger charge is -2.39. The molecule has 1 fully saturated rings. The van der Waals surface area contributed by atoms with E-state index in [9.17, 15) is 4.79 Å². The average Bonchev–Trinajstić information content (AvgIpc) is 3.06. The summed E-state index contributed by atoms with van der Waals surface area (Å²) in [6, 6.07) is 3.89. The number of amides is 1. The Morgan fingerprint density at radius 1 is 1.28 bits per heavy atom. The first-order valence-corrected chi connectivity index (χ1v) is 10.4. The highest BCUT2D eigenvalue weighted by molar-refractivity contribution is 7.99. The van der Waals surface area contributed by atoms with E-state index in [1.165, 1.54) is 11.8 Å². The summed E-state index contributed by atoms with van der Waals surface area (Å²) in [7, 11) is 1.87. The fraction of sp³-hybridized carbons (Fsp3) is 0.368. The number of fused-ring (bicyclic) bond motifs is 1. The number of halogens is 1. The Morgan fingerprint density at radius 2 is 2.03 bits per heavy atom. The molecule has 1 aliphatic heterocycles. The van der Waals surface area contributed by atoms with E-state index in [4.69, 9.17) is 16.7 Å². The molecule has 0 unspecified atom stereocenters. The minimum atomic E-state index is -0.981. The number of aromatic nitrogens is 4. The van der Waals surface area contributed by atoms with E-state index >= 15 is 0 Å². The third-order valence-corrected chi connectivity index (χ3v) is 6.63. The molecule has 29 heavy (non-hydrogen) atoms. The van der Waals surface area contributed by atoms with Crippen molar-refractivity contribution in [2.75, 3.05) is 18.0 Å². The maximum absolute atomic E-state index is 10.9. The molecule has 0 spiro atoms. The number of carboxylic acid groups (broad SMARTS) is 1. The van der Waals surface area contributed by atoms with E-state index in [0.29, 0.717) is 5.02 Å². The summed E-state index contributed by atoms with van der Waals surface area (Å²) in [5, 5.41) is 18.3. The highest BCUT2D eigenvalue weighted by atomic mass is 35.5. The number of nitrogens with one attached hydrogen (secondary N) is 1. The first-order valence-electron chi connectivity index (χ1n) is 9.21. The van der Waals surface area contributed by atoms with Gasteiger partial charge >= 0.3 is 6.09 Å². The predicted molar refractivity (Wildman–Crippen MR) is 113 cm³/mol. The third-order valence-electron chi connectivity index (χ3n) is 5.13. The first-order chi connectivity index (χ1) is 13.8. The van der Waals surface area contributed by atoms with E-state index < -0.39 is 11.6 Å². The molecule has 3 heterocycles. The Balaban J connectivity index is 1.44. The standard InChI is InChI=1S/C19H21ClN6O2S/c1-19(23-18(27)28)5-7-26(8-6-19)15-9-22-16(10-21-15)29-14-4-3-13-12(17(14)20)11-25(2)24-13/h3-4,9-11,23H,5-8H2,1-2H3,(H,27,28). The number of aryl methyl sites for hydroxylation is 1. The van der Waals surface area contributed by atoms with Gasteiger partial charge in [-0.3, -0.25) is 4.68 Å². The highest BCUT2D eigenvalue weighted by Gasteiger charge is 2.32. The molecule has 10 heteroatoms. The van der Waals surface area contributed by atoms with Gasteiger partial charge in [0.25, 0.3) is 0 Å². The Kier molecular flexibility index (Phi) is 5.26. The number of nitrogens with zero attached hydrogens (tertiary/aromatic N) is 5. The molecule has 4 rings (SSSR count). The highest BCUT2D eigenvalue weighted by Crippen LogP contribution is 2.36. The van der Waals surface area contributed by atoms with Crippen LogP contribution in [0.4, 0.5) is 10.6 Å². The van der Waals surface area contributed by atoms with Gasteiger partial charge in [0.05, 0.1) is 22.9 Å². The van der Waals surface area contributed by atoms with Crippen LogP contribution in [0.2, 0.25) is 5.02 Å². The van der Waals surface area contributed by atoms with E-state index in [2.05, 4.69) is 25.3 Å². The fourth-order valence-corrected chi connectivity index (χ4v) is 4.58. The molecule has 0 aliphatic carbocycles. The van der Waals surface area contributed by atoms with Crippen LogP contribution < -0.4 is 10.2 Å². The molecule has 1 saturated heterocycles. The molecule has 1 amide bonds. The summed E-state index contributed by atoms with van der Waals surface area (Å²) in [4.78, 5) is 23.1. The number of anilines is 1. The quantitative estimate of drug-likeness (QED) is 0.647. The summed E-state index contributed by atoms with van der Waals surface area (Å²) in [6.45, 7) is 3.38. The lowest BCUT2D eigenvalue weighted by molar-refractivity contribution is 0.173. The fourth-order valence-electron chi connectivity index (χ4n) is 3.49. The van der Waals surface area contributed by atoms with E-state index in [-0.39, 0.29) is 0 Å². The molecule has 3 aromatic rings. The van der Waals surface area contributed by atoms with Crippen LogP contribution in [-0.2, 0) is 7.05 Å². The van der Waals surface area contributed by atoms with Crippen molar-refractivity contribution in [2.45, 2.75) is 35.2 Å². The van der Waals surface area contributed by atoms with Crippen LogP contribution in [0, 0.1) is 0 Å². The van der Waals surface area contributed by atoms with Gasteiger partial charge < -0.3 is 15.3 Å². The van der Waals surface area contributed by atoms with Crippen molar-refractivity contribution in [3.05, 3.63) is 35.7 Å². The molecule has 0 saturated carbocycles. The Morgan fingerprint density at radius 3 is 2.69 bits per heavy atom. The van der Waals surface area contributed by atoms with Crippen LogP contribution in [0.1, 0.15) is 19.8 Å². The third kappa shape index (κ3) is 4.25. The minimum absolute atomic E-state index is 0.396. The second kappa shape index (κ2) is 7.72. The summed E-state index contributed by atoms with van der Waals surface area (Å²) >= 11 is 8.01. The van der Waals surface area contributed by atoms with Gasteiger partial charge in [-0.15, -0.1) is 0 Å². The van der Waals surface area contributed by atoms with Crippen LogP contribution in [-0.4, -0.2) is 49.6 Å². The van der Waals surface area contributed by atoms with Crippen molar-refractivity contribution in [1.82, 2.24) is 25.1 Å². The van der Waals surface area contributed by atoms with E-state index in [0.717, 1.165) is 52.6 Å². The summed E-state index contributed by atoms with van der Waals surface area (Å²) in [5.41, 5.74) is 0.463. The van der Waals surface area contributed by atoms with E-state index in [1.54, 1.807) is 17.1 Å². The number of benzene rings is 1. The molecule has 2 N–H and O–H groups in total. The molecule has 152 valence electrons. The maximum atomic E-state index is 10.9. The summed E-state index contributed by atoms with van der Waals surface area (Å²) in [5.74, 6) is 0.792. The Bertz CT molecular complexity index is 1050. The number of piperidine rings is 1. The van der Waals surface area contributed by atoms with Gasteiger partial charge in [-0.1, -0.05) is 23.4 Å². The second-order valence-corrected chi connectivity index (χ2v) is 8.85. The molecular weight excluding hydrogens is 412 g/mol. The number of hydrogen-bond donors (Lipinski definition) is 2. The molecule has 0 atom stereocenters. The maximum Gasteiger partial charge on any atom is 0.405 e. The zero-order valence-electron chi connectivity index (χ0n) is 16.1. The van der Waals surface area contributed by atoms with Crippen molar-refractivity contribution in [3.8, 4) is 0 Å². The molecule has 1 aliphatic rings. The average molecular weight is 433 g/mol. The topological polar surface area (TPSA) is 96.2 Å². The molecule has 0 bridgehead atoms. The van der Waals surface area contributed by atoms with E-state index in [1.807, 2.05) is 32.3 Å². The largest absolute Gasteiger partial charge is 0.465 e. The van der Waals surface area contributed by atoms with Gasteiger partial charge in [-0.05, 0) is 31.9 Å². The molecule has 1 aromatic carbocycles. The van der Waals surface area contributed by atoms with Crippen LogP contribution in [0.15, 0.2) is 40.6 Å². The monoisotopic (exact) mass is 432 g/mol. The van der Waals surface area contributed by atoms with Gasteiger partial charge in [0.2, 0.25) is 0 Å².